The molecule has 0 fully saturated rings. The van der Waals surface area contributed by atoms with Crippen LogP contribution in [0.2, 0.25) is 0 Å². The largest absolute Gasteiger partial charge is 0.309 e. The van der Waals surface area contributed by atoms with Crippen molar-refractivity contribution in [1.29, 1.82) is 0 Å². The van der Waals surface area contributed by atoms with Crippen LogP contribution in [0.5, 0.6) is 0 Å². The summed E-state index contributed by atoms with van der Waals surface area (Å²) < 4.78 is 4.90. The lowest BCUT2D eigenvalue weighted by Gasteiger charge is -2.12. The summed E-state index contributed by atoms with van der Waals surface area (Å²) in [5.41, 5.74) is 9.64. The molecule has 0 saturated carbocycles. The molecule has 12 rings (SSSR count). The van der Waals surface area contributed by atoms with Gasteiger partial charge in [-0.15, -0.1) is 0 Å². The number of aromatic nitrogens is 2. The molecule has 2 heteroatoms. The predicted octanol–water partition coefficient (Wildman–Crippen LogP) is 14.2. The van der Waals surface area contributed by atoms with E-state index < -0.39 is 0 Å². The van der Waals surface area contributed by atoms with Crippen LogP contribution in [0.4, 0.5) is 0 Å². The highest BCUT2D eigenvalue weighted by Crippen LogP contribution is 2.45. The lowest BCUT2D eigenvalue weighted by molar-refractivity contribution is 1.18. The van der Waals surface area contributed by atoms with Crippen molar-refractivity contribution in [3.8, 4) is 22.5 Å². The van der Waals surface area contributed by atoms with Crippen molar-refractivity contribution in [2.24, 2.45) is 0 Å². The molecule has 0 N–H and O–H groups in total. The van der Waals surface area contributed by atoms with Gasteiger partial charge in [0.1, 0.15) is 0 Å². The van der Waals surface area contributed by atoms with Gasteiger partial charge in [0.15, 0.2) is 0 Å². The Morgan fingerprint density at radius 3 is 1.44 bits per heavy atom. The Morgan fingerprint density at radius 2 is 0.741 bits per heavy atom. The van der Waals surface area contributed by atoms with E-state index in [0.717, 1.165) is 0 Å². The number of para-hydroxylation sites is 2. The van der Waals surface area contributed by atoms with E-state index in [9.17, 15) is 0 Å². The predicted molar refractivity (Wildman–Crippen MR) is 231 cm³/mol. The van der Waals surface area contributed by atoms with Crippen molar-refractivity contribution in [1.82, 2.24) is 9.13 Å². The zero-order valence-corrected chi connectivity index (χ0v) is 29.4. The van der Waals surface area contributed by atoms with Gasteiger partial charge in [0.25, 0.3) is 0 Å². The highest BCUT2D eigenvalue weighted by molar-refractivity contribution is 6.33. The van der Waals surface area contributed by atoms with E-state index in [4.69, 9.17) is 0 Å². The number of benzene rings is 10. The third kappa shape index (κ3) is 4.05. The summed E-state index contributed by atoms with van der Waals surface area (Å²) >= 11 is 0. The van der Waals surface area contributed by atoms with Crippen molar-refractivity contribution in [2.45, 2.75) is 0 Å². The summed E-state index contributed by atoms with van der Waals surface area (Å²) in [6, 6.07) is 71.5. The molecule has 0 aliphatic heterocycles. The maximum absolute atomic E-state index is 2.47. The minimum Gasteiger partial charge on any atom is -0.309 e. The smallest absolute Gasteiger partial charge is 0.0625 e. The zero-order valence-electron chi connectivity index (χ0n) is 29.4. The number of hydrogen-bond acceptors (Lipinski definition) is 0. The van der Waals surface area contributed by atoms with E-state index in [-0.39, 0.29) is 0 Å². The van der Waals surface area contributed by atoms with Crippen LogP contribution in [0, 0.1) is 0 Å². The summed E-state index contributed by atoms with van der Waals surface area (Å²) in [7, 11) is 0. The Balaban J connectivity index is 1.20. The van der Waals surface area contributed by atoms with Gasteiger partial charge in [0.2, 0.25) is 0 Å². The van der Waals surface area contributed by atoms with E-state index >= 15 is 0 Å². The van der Waals surface area contributed by atoms with E-state index in [1.807, 2.05) is 0 Å². The van der Waals surface area contributed by atoms with Crippen molar-refractivity contribution in [3.05, 3.63) is 194 Å². The highest BCUT2D eigenvalue weighted by atomic mass is 15.0. The van der Waals surface area contributed by atoms with Crippen LogP contribution in [0.3, 0.4) is 0 Å². The van der Waals surface area contributed by atoms with Crippen molar-refractivity contribution in [2.75, 3.05) is 0 Å². The summed E-state index contributed by atoms with van der Waals surface area (Å²) in [6.07, 6.45) is 0. The number of nitrogens with zero attached hydrogens (tertiary/aromatic N) is 2. The number of fused-ring (bicyclic) bond motifs is 15. The molecule has 0 saturated heterocycles. The van der Waals surface area contributed by atoms with Gasteiger partial charge in [-0.2, -0.15) is 0 Å². The van der Waals surface area contributed by atoms with E-state index in [1.54, 1.807) is 0 Å². The summed E-state index contributed by atoms with van der Waals surface area (Å²) in [5, 5.41) is 15.3. The van der Waals surface area contributed by atoms with Gasteiger partial charge in [-0.25, -0.2) is 0 Å². The topological polar surface area (TPSA) is 9.86 Å². The standard InChI is InChI=1S/C52H32N2/c1-3-14-37(15-4-1)53-46-28-26-36(32-45(46)51-48(53)30-25-34-24-23-33-13-7-8-18-39(33)49(34)51)35-27-29-47-44(31-35)50-42-21-11-9-19-40(42)41-20-10-12-22-43(41)52(50)54(47)38-16-5-2-6-17-38/h1-32H. The molecule has 2 aromatic heterocycles. The molecule has 0 bridgehead atoms. The van der Waals surface area contributed by atoms with Gasteiger partial charge < -0.3 is 9.13 Å². The lowest BCUT2D eigenvalue weighted by atomic mass is 9.95. The van der Waals surface area contributed by atoms with Gasteiger partial charge in [0.05, 0.1) is 22.1 Å². The van der Waals surface area contributed by atoms with Gasteiger partial charge in [-0.3, -0.25) is 0 Å². The third-order valence-corrected chi connectivity index (χ3v) is 11.6. The lowest BCUT2D eigenvalue weighted by Crippen LogP contribution is -1.94. The van der Waals surface area contributed by atoms with Crippen LogP contribution in [-0.4, -0.2) is 9.13 Å². The fourth-order valence-corrected chi connectivity index (χ4v) is 9.35. The maximum Gasteiger partial charge on any atom is 0.0625 e. The van der Waals surface area contributed by atoms with Crippen molar-refractivity contribution < 1.29 is 0 Å². The van der Waals surface area contributed by atoms with Crippen LogP contribution in [0.15, 0.2) is 194 Å². The Morgan fingerprint density at radius 1 is 0.259 bits per heavy atom. The molecule has 0 unspecified atom stereocenters. The second-order valence-electron chi connectivity index (χ2n) is 14.5. The van der Waals surface area contributed by atoms with Crippen LogP contribution < -0.4 is 0 Å². The average Bonchev–Trinajstić information content (AvgIpc) is 3.77. The molecule has 54 heavy (non-hydrogen) atoms. The fourth-order valence-electron chi connectivity index (χ4n) is 9.35. The molecular weight excluding hydrogens is 653 g/mol. The molecule has 0 atom stereocenters. The van der Waals surface area contributed by atoms with Gasteiger partial charge in [-0.1, -0.05) is 140 Å². The van der Waals surface area contributed by atoms with E-state index in [0.29, 0.717) is 0 Å². The van der Waals surface area contributed by atoms with Crippen LogP contribution in [0.25, 0.3) is 109 Å². The molecule has 12 aromatic rings. The van der Waals surface area contributed by atoms with Crippen LogP contribution in [0.1, 0.15) is 0 Å². The molecule has 2 nitrogen and oxygen atoms in total. The Hall–Kier alpha value is -7.16. The molecule has 2 heterocycles. The summed E-state index contributed by atoms with van der Waals surface area (Å²) in [6.45, 7) is 0. The average molecular weight is 685 g/mol. The Labute approximate surface area is 311 Å². The molecule has 0 radical (unpaired) electrons. The van der Waals surface area contributed by atoms with Gasteiger partial charge in [-0.05, 0) is 103 Å². The minimum atomic E-state index is 1.17. The fraction of sp³-hybridized carbons (Fsp3) is 0. The molecule has 0 spiro atoms. The Bertz CT molecular complexity index is 3460. The first-order chi connectivity index (χ1) is 26.8. The van der Waals surface area contributed by atoms with E-state index in [1.165, 1.54) is 109 Å². The molecule has 10 aromatic carbocycles. The van der Waals surface area contributed by atoms with E-state index in [2.05, 4.69) is 203 Å². The van der Waals surface area contributed by atoms with Crippen LogP contribution >= 0.6 is 0 Å². The SMILES string of the molecule is c1ccc(-n2c3ccc(-c4ccc5c(c4)c4c6ccccc6c6ccccc6c4n5-c4ccccc4)cc3c3c4c(ccc5ccccc54)ccc32)cc1. The number of hydrogen-bond donors (Lipinski definition) is 0. The normalized spacial score (nSPS) is 12.1. The third-order valence-electron chi connectivity index (χ3n) is 11.6. The monoisotopic (exact) mass is 684 g/mol. The van der Waals surface area contributed by atoms with Crippen LogP contribution in [-0.2, 0) is 0 Å². The highest BCUT2D eigenvalue weighted by Gasteiger charge is 2.21. The zero-order chi connectivity index (χ0) is 35.3. The van der Waals surface area contributed by atoms with Crippen molar-refractivity contribution >= 4 is 86.7 Å². The number of rotatable bonds is 3. The Kier molecular flexibility index (Phi) is 6.09. The second kappa shape index (κ2) is 11.2. The molecule has 250 valence electrons. The second-order valence-corrected chi connectivity index (χ2v) is 14.5. The first-order valence-corrected chi connectivity index (χ1v) is 18.7. The maximum atomic E-state index is 2.47. The molecular formula is C52H32N2. The first-order valence-electron chi connectivity index (χ1n) is 18.7. The van der Waals surface area contributed by atoms with Gasteiger partial charge >= 0.3 is 0 Å². The minimum absolute atomic E-state index is 1.17. The summed E-state index contributed by atoms with van der Waals surface area (Å²) in [5.74, 6) is 0. The molecule has 0 amide bonds. The quantitative estimate of drug-likeness (QED) is 0.164. The van der Waals surface area contributed by atoms with Gasteiger partial charge in [0, 0.05) is 38.3 Å². The first kappa shape index (κ1) is 29.4. The molecule has 0 aliphatic rings. The molecule has 0 aliphatic carbocycles. The van der Waals surface area contributed by atoms with Crippen molar-refractivity contribution in [3.63, 3.8) is 0 Å². The summed E-state index contributed by atoms with van der Waals surface area (Å²) in [4.78, 5) is 0.